The van der Waals surface area contributed by atoms with Gasteiger partial charge in [0.15, 0.2) is 5.58 Å². The fraction of sp³-hybridized carbons (Fsp3) is 0.333. The minimum absolute atomic E-state index is 0.0412. The predicted octanol–water partition coefficient (Wildman–Crippen LogP) is 4.43. The number of nitrogens with zero attached hydrogens (tertiary/aromatic N) is 1. The van der Waals surface area contributed by atoms with E-state index < -0.39 is 0 Å². The number of rotatable bonds is 5. The van der Waals surface area contributed by atoms with Gasteiger partial charge in [0, 0.05) is 5.39 Å². The Labute approximate surface area is 148 Å². The molecule has 4 heteroatoms. The van der Waals surface area contributed by atoms with E-state index in [-0.39, 0.29) is 18.4 Å². The summed E-state index contributed by atoms with van der Waals surface area (Å²) < 4.78 is 5.37. The van der Waals surface area contributed by atoms with Crippen LogP contribution in [0.1, 0.15) is 47.8 Å². The van der Waals surface area contributed by atoms with Crippen molar-refractivity contribution in [2.45, 2.75) is 46.6 Å². The first kappa shape index (κ1) is 17.2. The molecule has 4 nitrogen and oxygen atoms in total. The van der Waals surface area contributed by atoms with Crippen LogP contribution in [0.3, 0.4) is 0 Å². The first-order valence-corrected chi connectivity index (χ1v) is 8.71. The quantitative estimate of drug-likeness (QED) is 0.750. The van der Waals surface area contributed by atoms with Gasteiger partial charge in [-0.05, 0) is 61.6 Å². The van der Waals surface area contributed by atoms with Crippen LogP contribution in [0.4, 0.5) is 0 Å². The zero-order valence-electron chi connectivity index (χ0n) is 15.2. The number of carbonyl (C=O) groups excluding carboxylic acids is 1. The summed E-state index contributed by atoms with van der Waals surface area (Å²) in [5.74, 6) is -0.0551. The van der Waals surface area contributed by atoms with Crippen molar-refractivity contribution >= 4 is 16.9 Å². The van der Waals surface area contributed by atoms with Gasteiger partial charge < -0.3 is 9.84 Å². The molecule has 0 saturated heterocycles. The number of hydrogen-bond donors (Lipinski definition) is 1. The maximum atomic E-state index is 12.4. The Bertz CT molecular complexity index is 894. The Morgan fingerprint density at radius 1 is 1.16 bits per heavy atom. The number of hydrogen-bond acceptors (Lipinski definition) is 3. The number of carbonyl (C=O) groups is 1. The predicted molar refractivity (Wildman–Crippen MR) is 99.6 cm³/mol. The minimum atomic E-state index is -0.0551. The van der Waals surface area contributed by atoms with Gasteiger partial charge in [-0.2, -0.15) is 0 Å². The van der Waals surface area contributed by atoms with Crippen molar-refractivity contribution in [1.82, 2.24) is 10.5 Å². The van der Waals surface area contributed by atoms with E-state index in [1.165, 1.54) is 11.1 Å². The van der Waals surface area contributed by atoms with Crippen LogP contribution in [0.15, 0.2) is 40.9 Å². The highest BCUT2D eigenvalue weighted by Gasteiger charge is 2.15. The molecule has 0 bridgehead atoms. The van der Waals surface area contributed by atoms with E-state index in [1.54, 1.807) is 0 Å². The number of fused-ring (bicyclic) bond motifs is 1. The van der Waals surface area contributed by atoms with Gasteiger partial charge in [0.1, 0.15) is 5.69 Å². The van der Waals surface area contributed by atoms with E-state index in [1.807, 2.05) is 32.9 Å². The van der Waals surface area contributed by atoms with Gasteiger partial charge in [0.2, 0.25) is 5.91 Å². The molecular weight excluding hydrogens is 312 g/mol. The van der Waals surface area contributed by atoms with Gasteiger partial charge in [-0.25, -0.2) is 0 Å². The second-order valence-corrected chi connectivity index (χ2v) is 6.62. The summed E-state index contributed by atoms with van der Waals surface area (Å²) in [5.41, 5.74) is 6.13. The Kier molecular flexibility index (Phi) is 4.88. The maximum Gasteiger partial charge on any atom is 0.226 e. The number of nitrogens with one attached hydrogen (secondary N) is 1. The lowest BCUT2D eigenvalue weighted by Gasteiger charge is -2.14. The maximum absolute atomic E-state index is 12.4. The van der Waals surface area contributed by atoms with Gasteiger partial charge in [-0.15, -0.1) is 0 Å². The molecule has 1 N–H and O–H groups in total. The lowest BCUT2D eigenvalue weighted by molar-refractivity contribution is -0.121. The summed E-state index contributed by atoms with van der Waals surface area (Å²) in [6.45, 7) is 8.21. The van der Waals surface area contributed by atoms with Crippen LogP contribution in [0, 0.1) is 13.8 Å². The first-order chi connectivity index (χ1) is 12.0. The molecule has 1 amide bonds. The second-order valence-electron chi connectivity index (χ2n) is 6.62. The molecule has 0 spiro atoms. The van der Waals surface area contributed by atoms with Gasteiger partial charge in [-0.3, -0.25) is 4.79 Å². The monoisotopic (exact) mass is 336 g/mol. The normalized spacial score (nSPS) is 12.3. The molecule has 0 aliphatic rings. The molecule has 25 heavy (non-hydrogen) atoms. The number of aromatic nitrogens is 1. The Balaban J connectivity index is 1.70. The summed E-state index contributed by atoms with van der Waals surface area (Å²) >= 11 is 0. The summed E-state index contributed by atoms with van der Waals surface area (Å²) in [7, 11) is 0. The molecular formula is C21H24N2O2. The highest BCUT2D eigenvalue weighted by molar-refractivity contribution is 5.87. The number of aryl methyl sites for hydroxylation is 3. The van der Waals surface area contributed by atoms with E-state index in [2.05, 4.69) is 41.7 Å². The lowest BCUT2D eigenvalue weighted by atomic mass is 10.0. The highest BCUT2D eigenvalue weighted by Crippen LogP contribution is 2.23. The molecule has 1 atom stereocenters. The van der Waals surface area contributed by atoms with Crippen LogP contribution in [0.5, 0.6) is 0 Å². The third-order valence-electron chi connectivity index (χ3n) is 4.75. The van der Waals surface area contributed by atoms with Crippen LogP contribution in [0.25, 0.3) is 11.0 Å². The van der Waals surface area contributed by atoms with Crippen molar-refractivity contribution in [3.8, 4) is 0 Å². The Morgan fingerprint density at radius 3 is 2.52 bits per heavy atom. The molecule has 130 valence electrons. The van der Waals surface area contributed by atoms with Gasteiger partial charge in [0.05, 0.1) is 12.5 Å². The molecule has 0 aliphatic heterocycles. The number of benzene rings is 2. The zero-order chi connectivity index (χ0) is 18.0. The highest BCUT2D eigenvalue weighted by atomic mass is 16.5. The van der Waals surface area contributed by atoms with Crippen LogP contribution in [-0.4, -0.2) is 11.1 Å². The van der Waals surface area contributed by atoms with Crippen molar-refractivity contribution in [2.75, 3.05) is 0 Å². The topological polar surface area (TPSA) is 55.1 Å². The summed E-state index contributed by atoms with van der Waals surface area (Å²) in [6.07, 6.45) is 1.23. The van der Waals surface area contributed by atoms with Crippen molar-refractivity contribution < 1.29 is 9.32 Å². The minimum Gasteiger partial charge on any atom is -0.356 e. The lowest BCUT2D eigenvalue weighted by Crippen LogP contribution is -2.28. The van der Waals surface area contributed by atoms with E-state index in [0.717, 1.165) is 28.5 Å². The number of amides is 1. The van der Waals surface area contributed by atoms with Gasteiger partial charge in [0.25, 0.3) is 0 Å². The SMILES string of the molecule is CCc1ccc(C(C)NC(=O)Cc2noc3cc(C)c(C)cc23)cc1. The molecule has 2 aromatic carbocycles. The van der Waals surface area contributed by atoms with Crippen molar-refractivity contribution in [2.24, 2.45) is 0 Å². The fourth-order valence-corrected chi connectivity index (χ4v) is 2.94. The molecule has 1 unspecified atom stereocenters. The molecule has 0 radical (unpaired) electrons. The summed E-state index contributed by atoms with van der Waals surface area (Å²) in [4.78, 5) is 12.4. The average Bonchev–Trinajstić information content (AvgIpc) is 2.97. The molecule has 0 fully saturated rings. The van der Waals surface area contributed by atoms with Crippen molar-refractivity contribution in [3.05, 3.63) is 64.3 Å². The van der Waals surface area contributed by atoms with E-state index in [4.69, 9.17) is 4.52 Å². The molecule has 0 saturated carbocycles. The van der Waals surface area contributed by atoms with Crippen molar-refractivity contribution in [1.29, 1.82) is 0 Å². The van der Waals surface area contributed by atoms with E-state index >= 15 is 0 Å². The summed E-state index contributed by atoms with van der Waals surface area (Å²) in [6, 6.07) is 12.3. The third-order valence-corrected chi connectivity index (χ3v) is 4.75. The van der Waals surface area contributed by atoms with Crippen LogP contribution in [-0.2, 0) is 17.6 Å². The molecule has 3 aromatic rings. The Hall–Kier alpha value is -2.62. The summed E-state index contributed by atoms with van der Waals surface area (Å²) in [5, 5.41) is 8.04. The molecule has 1 heterocycles. The smallest absolute Gasteiger partial charge is 0.226 e. The first-order valence-electron chi connectivity index (χ1n) is 8.71. The van der Waals surface area contributed by atoms with Crippen LogP contribution < -0.4 is 5.32 Å². The molecule has 0 aliphatic carbocycles. The average molecular weight is 336 g/mol. The van der Waals surface area contributed by atoms with Crippen LogP contribution in [0.2, 0.25) is 0 Å². The molecule has 3 rings (SSSR count). The largest absolute Gasteiger partial charge is 0.356 e. The van der Waals surface area contributed by atoms with Gasteiger partial charge in [-0.1, -0.05) is 36.3 Å². The van der Waals surface area contributed by atoms with Crippen molar-refractivity contribution in [3.63, 3.8) is 0 Å². The second kappa shape index (κ2) is 7.09. The molecule has 1 aromatic heterocycles. The van der Waals surface area contributed by atoms with Crippen LogP contribution >= 0.6 is 0 Å². The Morgan fingerprint density at radius 2 is 1.84 bits per heavy atom. The van der Waals surface area contributed by atoms with E-state index in [9.17, 15) is 4.79 Å². The third kappa shape index (κ3) is 3.73. The van der Waals surface area contributed by atoms with Gasteiger partial charge >= 0.3 is 0 Å². The zero-order valence-corrected chi connectivity index (χ0v) is 15.2. The standard InChI is InChI=1S/C21H24N2O2/c1-5-16-6-8-17(9-7-16)15(4)22-21(24)12-19-18-10-13(2)14(3)11-20(18)25-23-19/h6-11,15H,5,12H2,1-4H3,(H,22,24). The van der Waals surface area contributed by atoms with E-state index in [0.29, 0.717) is 5.69 Å². The fourth-order valence-electron chi connectivity index (χ4n) is 2.94.